The molecule has 1 aliphatic rings. The lowest BCUT2D eigenvalue weighted by Gasteiger charge is -2.19. The quantitative estimate of drug-likeness (QED) is 0.858. The van der Waals surface area contributed by atoms with Crippen LogP contribution in [0.4, 0.5) is 5.69 Å². The molecule has 0 radical (unpaired) electrons. The first kappa shape index (κ1) is 14.4. The molecule has 1 atom stereocenters. The van der Waals surface area contributed by atoms with Crippen molar-refractivity contribution in [2.24, 2.45) is 11.8 Å². The second-order valence-corrected chi connectivity index (χ2v) is 5.52. The van der Waals surface area contributed by atoms with Crippen LogP contribution in [0.5, 0.6) is 0 Å². The summed E-state index contributed by atoms with van der Waals surface area (Å²) in [6, 6.07) is 9.49. The summed E-state index contributed by atoms with van der Waals surface area (Å²) < 4.78 is 0. The molecule has 0 aliphatic carbocycles. The third-order valence-electron chi connectivity index (χ3n) is 3.22. The standard InChI is InChI=1S/C15H21N3O2/c1-11(2)9-16-15(20)12-8-14(19)18(10-12)17-13-6-4-3-5-7-13/h3-7,11-12,17H,8-10H2,1-2H3,(H,16,20). The molecular weight excluding hydrogens is 254 g/mol. The number of hydrogen-bond donors (Lipinski definition) is 2. The monoisotopic (exact) mass is 275 g/mol. The molecule has 108 valence electrons. The first-order valence-corrected chi connectivity index (χ1v) is 6.96. The molecule has 1 saturated heterocycles. The number of hydrogen-bond acceptors (Lipinski definition) is 3. The largest absolute Gasteiger partial charge is 0.356 e. The van der Waals surface area contributed by atoms with E-state index in [9.17, 15) is 9.59 Å². The zero-order chi connectivity index (χ0) is 14.5. The van der Waals surface area contributed by atoms with Crippen LogP contribution in [0.1, 0.15) is 20.3 Å². The fourth-order valence-electron chi connectivity index (χ4n) is 2.11. The molecule has 2 rings (SSSR count). The fourth-order valence-corrected chi connectivity index (χ4v) is 2.11. The third-order valence-corrected chi connectivity index (χ3v) is 3.22. The Bertz CT molecular complexity index is 473. The van der Waals surface area contributed by atoms with E-state index in [-0.39, 0.29) is 24.2 Å². The molecule has 2 amide bonds. The SMILES string of the molecule is CC(C)CNC(=O)C1CC(=O)N(Nc2ccccc2)C1. The van der Waals surface area contributed by atoms with Gasteiger partial charge in [-0.25, -0.2) is 0 Å². The van der Waals surface area contributed by atoms with Gasteiger partial charge in [0.15, 0.2) is 0 Å². The number of anilines is 1. The van der Waals surface area contributed by atoms with Gasteiger partial charge in [-0.3, -0.25) is 20.0 Å². The van der Waals surface area contributed by atoms with E-state index in [1.54, 1.807) is 0 Å². The third kappa shape index (κ3) is 3.73. The van der Waals surface area contributed by atoms with Gasteiger partial charge in [0, 0.05) is 13.0 Å². The maximum atomic E-state index is 12.0. The van der Waals surface area contributed by atoms with Crippen molar-refractivity contribution in [3.8, 4) is 0 Å². The normalized spacial score (nSPS) is 18.4. The van der Waals surface area contributed by atoms with Crippen molar-refractivity contribution >= 4 is 17.5 Å². The molecule has 1 fully saturated rings. The highest BCUT2D eigenvalue weighted by Crippen LogP contribution is 2.19. The number of carbonyl (C=O) groups excluding carboxylic acids is 2. The lowest BCUT2D eigenvalue weighted by atomic mass is 10.1. The minimum absolute atomic E-state index is 0.0376. The summed E-state index contributed by atoms with van der Waals surface area (Å²) in [6.07, 6.45) is 0.268. The minimum Gasteiger partial charge on any atom is -0.356 e. The van der Waals surface area contributed by atoms with Crippen LogP contribution >= 0.6 is 0 Å². The number of carbonyl (C=O) groups is 2. The molecule has 1 unspecified atom stereocenters. The molecule has 0 spiro atoms. The van der Waals surface area contributed by atoms with E-state index in [0.717, 1.165) is 5.69 Å². The van der Waals surface area contributed by atoms with Crippen molar-refractivity contribution in [1.29, 1.82) is 0 Å². The highest BCUT2D eigenvalue weighted by molar-refractivity contribution is 5.89. The first-order chi connectivity index (χ1) is 9.56. The van der Waals surface area contributed by atoms with Gasteiger partial charge in [-0.2, -0.15) is 0 Å². The van der Waals surface area contributed by atoms with Gasteiger partial charge in [0.05, 0.1) is 18.2 Å². The molecule has 20 heavy (non-hydrogen) atoms. The first-order valence-electron chi connectivity index (χ1n) is 6.96. The summed E-state index contributed by atoms with van der Waals surface area (Å²) in [4.78, 5) is 23.9. The van der Waals surface area contributed by atoms with Gasteiger partial charge in [0.25, 0.3) is 0 Å². The van der Waals surface area contributed by atoms with Crippen LogP contribution in [-0.2, 0) is 9.59 Å². The Kier molecular flexibility index (Phi) is 4.61. The van der Waals surface area contributed by atoms with Gasteiger partial charge in [0.2, 0.25) is 11.8 Å². The van der Waals surface area contributed by atoms with Crippen LogP contribution in [0.3, 0.4) is 0 Å². The highest BCUT2D eigenvalue weighted by Gasteiger charge is 2.34. The Morgan fingerprint density at radius 1 is 1.35 bits per heavy atom. The topological polar surface area (TPSA) is 61.4 Å². The van der Waals surface area contributed by atoms with Gasteiger partial charge in [-0.15, -0.1) is 0 Å². The van der Waals surface area contributed by atoms with Crippen LogP contribution < -0.4 is 10.7 Å². The number of amides is 2. The maximum absolute atomic E-state index is 12.0. The zero-order valence-corrected chi connectivity index (χ0v) is 11.9. The number of nitrogens with one attached hydrogen (secondary N) is 2. The number of rotatable bonds is 5. The highest BCUT2D eigenvalue weighted by atomic mass is 16.2. The molecule has 5 nitrogen and oxygen atoms in total. The Morgan fingerprint density at radius 3 is 2.70 bits per heavy atom. The summed E-state index contributed by atoms with van der Waals surface area (Å²) >= 11 is 0. The van der Waals surface area contributed by atoms with Crippen molar-refractivity contribution in [3.05, 3.63) is 30.3 Å². The number of hydrazine groups is 1. The molecule has 1 aromatic rings. The average molecular weight is 275 g/mol. The zero-order valence-electron chi connectivity index (χ0n) is 11.9. The van der Waals surface area contributed by atoms with E-state index in [1.807, 2.05) is 44.2 Å². The number of nitrogens with zero attached hydrogens (tertiary/aromatic N) is 1. The van der Waals surface area contributed by atoms with E-state index < -0.39 is 0 Å². The minimum atomic E-state index is -0.266. The molecule has 1 aliphatic heterocycles. The van der Waals surface area contributed by atoms with Crippen molar-refractivity contribution < 1.29 is 9.59 Å². The van der Waals surface area contributed by atoms with Crippen molar-refractivity contribution in [1.82, 2.24) is 10.3 Å². The van der Waals surface area contributed by atoms with Crippen LogP contribution in [0.15, 0.2) is 30.3 Å². The predicted octanol–water partition coefficient (Wildman–Crippen LogP) is 1.63. The fraction of sp³-hybridized carbons (Fsp3) is 0.467. The van der Waals surface area contributed by atoms with Gasteiger partial charge in [-0.1, -0.05) is 32.0 Å². The van der Waals surface area contributed by atoms with Gasteiger partial charge < -0.3 is 5.32 Å². The molecule has 0 saturated carbocycles. The summed E-state index contributed by atoms with van der Waals surface area (Å²) in [6.45, 7) is 5.15. The number of para-hydroxylation sites is 1. The van der Waals surface area contributed by atoms with Crippen LogP contribution in [0.2, 0.25) is 0 Å². The predicted molar refractivity (Wildman–Crippen MR) is 77.7 cm³/mol. The Morgan fingerprint density at radius 2 is 2.05 bits per heavy atom. The summed E-state index contributed by atoms with van der Waals surface area (Å²) in [5, 5.41) is 4.41. The molecule has 1 aromatic carbocycles. The van der Waals surface area contributed by atoms with Crippen LogP contribution in [0.25, 0.3) is 0 Å². The van der Waals surface area contributed by atoms with Crippen molar-refractivity contribution in [3.63, 3.8) is 0 Å². The molecule has 2 N–H and O–H groups in total. The number of benzene rings is 1. The average Bonchev–Trinajstić information content (AvgIpc) is 2.79. The van der Waals surface area contributed by atoms with Gasteiger partial charge >= 0.3 is 0 Å². The van der Waals surface area contributed by atoms with E-state index in [2.05, 4.69) is 10.7 Å². The second-order valence-electron chi connectivity index (χ2n) is 5.52. The summed E-state index contributed by atoms with van der Waals surface area (Å²) in [5.74, 6) is 0.0648. The van der Waals surface area contributed by atoms with Crippen LogP contribution in [0, 0.1) is 11.8 Å². The van der Waals surface area contributed by atoms with E-state index in [0.29, 0.717) is 19.0 Å². The van der Waals surface area contributed by atoms with Gasteiger partial charge in [-0.05, 0) is 18.1 Å². The van der Waals surface area contributed by atoms with Crippen molar-refractivity contribution in [2.75, 3.05) is 18.5 Å². The second kappa shape index (κ2) is 6.41. The lowest BCUT2D eigenvalue weighted by Crippen LogP contribution is -2.36. The molecular formula is C15H21N3O2. The maximum Gasteiger partial charge on any atom is 0.241 e. The summed E-state index contributed by atoms with van der Waals surface area (Å²) in [5.41, 5.74) is 3.90. The lowest BCUT2D eigenvalue weighted by molar-refractivity contribution is -0.128. The van der Waals surface area contributed by atoms with E-state index >= 15 is 0 Å². The molecule has 0 bridgehead atoms. The van der Waals surface area contributed by atoms with Crippen LogP contribution in [-0.4, -0.2) is 29.9 Å². The Labute approximate surface area is 119 Å². The molecule has 0 aromatic heterocycles. The van der Waals surface area contributed by atoms with Crippen molar-refractivity contribution in [2.45, 2.75) is 20.3 Å². The molecule has 1 heterocycles. The Balaban J connectivity index is 1.89. The van der Waals surface area contributed by atoms with Gasteiger partial charge in [0.1, 0.15) is 0 Å². The smallest absolute Gasteiger partial charge is 0.241 e. The Hall–Kier alpha value is -2.04. The molecule has 5 heteroatoms. The van der Waals surface area contributed by atoms with E-state index in [1.165, 1.54) is 5.01 Å². The van der Waals surface area contributed by atoms with E-state index in [4.69, 9.17) is 0 Å². The summed E-state index contributed by atoms with van der Waals surface area (Å²) in [7, 11) is 0.